The summed E-state index contributed by atoms with van der Waals surface area (Å²) in [5.41, 5.74) is 3.57. The summed E-state index contributed by atoms with van der Waals surface area (Å²) in [7, 11) is 1.85. The van der Waals surface area contributed by atoms with Crippen LogP contribution in [0.5, 0.6) is 0 Å². The van der Waals surface area contributed by atoms with Crippen molar-refractivity contribution in [1.82, 2.24) is 15.0 Å². The van der Waals surface area contributed by atoms with E-state index in [9.17, 15) is 4.79 Å². The number of carbonyl (C=O) groups excluding carboxylic acids is 1. The molecule has 0 radical (unpaired) electrons. The highest BCUT2D eigenvalue weighted by Crippen LogP contribution is 2.38. The van der Waals surface area contributed by atoms with E-state index in [0.717, 1.165) is 24.3 Å². The van der Waals surface area contributed by atoms with Crippen molar-refractivity contribution in [3.8, 4) is 0 Å². The molecule has 0 unspecified atom stereocenters. The van der Waals surface area contributed by atoms with Crippen molar-refractivity contribution in [2.45, 2.75) is 44.4 Å². The Morgan fingerprint density at radius 1 is 1.14 bits per heavy atom. The van der Waals surface area contributed by atoms with Crippen molar-refractivity contribution in [3.05, 3.63) is 83.0 Å². The van der Waals surface area contributed by atoms with Gasteiger partial charge in [0.15, 0.2) is 5.82 Å². The van der Waals surface area contributed by atoms with Gasteiger partial charge in [-0.3, -0.25) is 4.79 Å². The fourth-order valence-electron chi connectivity index (χ4n) is 3.66. The number of hydrogen-bond acceptors (Lipinski definition) is 4. The normalized spacial score (nSPS) is 14.6. The largest absolute Gasteiger partial charge is 0.345 e. The molecule has 5 heteroatoms. The Kier molecular flexibility index (Phi) is 5.74. The summed E-state index contributed by atoms with van der Waals surface area (Å²) in [6.45, 7) is 2.69. The highest BCUT2D eigenvalue weighted by atomic mass is 16.5. The molecule has 1 aromatic heterocycles. The summed E-state index contributed by atoms with van der Waals surface area (Å²) in [6.07, 6.45) is 3.32. The SMILES string of the molecule is Cc1ccccc1[C@H](CC(=O)N(C)CCc1noc(C2CC2)n1)c1ccccc1. The van der Waals surface area contributed by atoms with E-state index >= 15 is 0 Å². The molecular weight excluding hydrogens is 362 g/mol. The van der Waals surface area contributed by atoms with Gasteiger partial charge in [-0.2, -0.15) is 4.98 Å². The van der Waals surface area contributed by atoms with Gasteiger partial charge in [0.05, 0.1) is 0 Å². The van der Waals surface area contributed by atoms with E-state index in [4.69, 9.17) is 4.52 Å². The molecule has 0 spiro atoms. The van der Waals surface area contributed by atoms with E-state index in [1.807, 2.05) is 37.4 Å². The molecule has 1 heterocycles. The summed E-state index contributed by atoms with van der Waals surface area (Å²) in [5, 5.41) is 4.05. The Bertz CT molecular complexity index is 963. The third-order valence-electron chi connectivity index (χ3n) is 5.65. The van der Waals surface area contributed by atoms with Crippen LogP contribution in [0.25, 0.3) is 0 Å². The monoisotopic (exact) mass is 389 g/mol. The zero-order valence-corrected chi connectivity index (χ0v) is 17.0. The molecule has 1 fully saturated rings. The first kappa shape index (κ1) is 19.4. The predicted molar refractivity (Wildman–Crippen MR) is 112 cm³/mol. The topological polar surface area (TPSA) is 59.2 Å². The van der Waals surface area contributed by atoms with Crippen LogP contribution in [0.15, 0.2) is 59.1 Å². The Morgan fingerprint density at radius 3 is 2.59 bits per heavy atom. The van der Waals surface area contributed by atoms with E-state index in [1.165, 1.54) is 11.1 Å². The summed E-state index contributed by atoms with van der Waals surface area (Å²) in [4.78, 5) is 19.3. The first-order valence-electron chi connectivity index (χ1n) is 10.3. The minimum atomic E-state index is 0.0407. The number of hydrogen-bond donors (Lipinski definition) is 0. The van der Waals surface area contributed by atoms with Crippen molar-refractivity contribution in [1.29, 1.82) is 0 Å². The maximum absolute atomic E-state index is 13.0. The van der Waals surface area contributed by atoms with Gasteiger partial charge >= 0.3 is 0 Å². The molecule has 150 valence electrons. The van der Waals surface area contributed by atoms with Crippen LogP contribution in [0.4, 0.5) is 0 Å². The zero-order chi connectivity index (χ0) is 20.2. The van der Waals surface area contributed by atoms with Crippen LogP contribution < -0.4 is 0 Å². The van der Waals surface area contributed by atoms with Gasteiger partial charge in [-0.1, -0.05) is 59.8 Å². The molecule has 5 nitrogen and oxygen atoms in total. The highest BCUT2D eigenvalue weighted by molar-refractivity contribution is 5.77. The van der Waals surface area contributed by atoms with Crippen molar-refractivity contribution in [2.75, 3.05) is 13.6 Å². The second kappa shape index (κ2) is 8.60. The molecule has 1 saturated carbocycles. The first-order chi connectivity index (χ1) is 14.1. The smallest absolute Gasteiger partial charge is 0.229 e. The lowest BCUT2D eigenvalue weighted by Gasteiger charge is -2.23. The molecular formula is C24H27N3O2. The minimum absolute atomic E-state index is 0.0407. The van der Waals surface area contributed by atoms with E-state index in [2.05, 4.69) is 41.3 Å². The second-order valence-corrected chi connectivity index (χ2v) is 7.91. The number of benzene rings is 2. The molecule has 1 aliphatic carbocycles. The zero-order valence-electron chi connectivity index (χ0n) is 17.0. The lowest BCUT2D eigenvalue weighted by Crippen LogP contribution is -2.30. The van der Waals surface area contributed by atoms with E-state index in [0.29, 0.717) is 31.1 Å². The third kappa shape index (κ3) is 4.73. The number of carbonyl (C=O) groups is 1. The van der Waals surface area contributed by atoms with Gasteiger partial charge in [-0.15, -0.1) is 0 Å². The quantitative estimate of drug-likeness (QED) is 0.570. The van der Waals surface area contributed by atoms with E-state index < -0.39 is 0 Å². The number of likely N-dealkylation sites (N-methyl/N-ethyl adjacent to an activating group) is 1. The van der Waals surface area contributed by atoms with E-state index in [-0.39, 0.29) is 11.8 Å². The Morgan fingerprint density at radius 2 is 1.86 bits per heavy atom. The van der Waals surface area contributed by atoms with Gasteiger partial charge in [0.1, 0.15) is 0 Å². The number of nitrogens with zero attached hydrogens (tertiary/aromatic N) is 3. The molecule has 1 aliphatic rings. The van der Waals surface area contributed by atoms with Gasteiger partial charge < -0.3 is 9.42 Å². The molecule has 3 aromatic rings. The fraction of sp³-hybridized carbons (Fsp3) is 0.375. The lowest BCUT2D eigenvalue weighted by molar-refractivity contribution is -0.130. The maximum atomic E-state index is 13.0. The molecule has 29 heavy (non-hydrogen) atoms. The van der Waals surface area contributed by atoms with Crippen LogP contribution in [0.3, 0.4) is 0 Å². The maximum Gasteiger partial charge on any atom is 0.229 e. The Labute approximate surface area is 171 Å². The Hall–Kier alpha value is -2.95. The summed E-state index contributed by atoms with van der Waals surface area (Å²) >= 11 is 0. The molecule has 1 amide bonds. The number of rotatable bonds is 8. The third-order valence-corrected chi connectivity index (χ3v) is 5.65. The van der Waals surface area contributed by atoms with Gasteiger partial charge in [-0.25, -0.2) is 0 Å². The fourth-order valence-corrected chi connectivity index (χ4v) is 3.66. The van der Waals surface area contributed by atoms with Crippen molar-refractivity contribution >= 4 is 5.91 Å². The van der Waals surface area contributed by atoms with Crippen LogP contribution in [-0.2, 0) is 11.2 Å². The van der Waals surface area contributed by atoms with Crippen molar-refractivity contribution in [3.63, 3.8) is 0 Å². The van der Waals surface area contributed by atoms with Crippen LogP contribution >= 0.6 is 0 Å². The highest BCUT2D eigenvalue weighted by Gasteiger charge is 2.29. The molecule has 1 atom stereocenters. The average molecular weight is 389 g/mol. The average Bonchev–Trinajstić information content (AvgIpc) is 3.49. The number of aryl methyl sites for hydroxylation is 1. The van der Waals surface area contributed by atoms with Crippen LogP contribution in [0.2, 0.25) is 0 Å². The Balaban J connectivity index is 1.43. The predicted octanol–water partition coefficient (Wildman–Crippen LogP) is 4.48. The van der Waals surface area contributed by atoms with Crippen molar-refractivity contribution in [2.24, 2.45) is 0 Å². The second-order valence-electron chi connectivity index (χ2n) is 7.91. The summed E-state index contributed by atoms with van der Waals surface area (Å²) < 4.78 is 5.31. The van der Waals surface area contributed by atoms with Crippen molar-refractivity contribution < 1.29 is 9.32 Å². The van der Waals surface area contributed by atoms with Gasteiger partial charge in [0, 0.05) is 38.3 Å². The molecule has 0 saturated heterocycles. The van der Waals surface area contributed by atoms with Crippen LogP contribution in [0, 0.1) is 6.92 Å². The molecule has 4 rings (SSSR count). The van der Waals surface area contributed by atoms with E-state index in [1.54, 1.807) is 4.90 Å². The minimum Gasteiger partial charge on any atom is -0.345 e. The molecule has 2 aromatic carbocycles. The van der Waals surface area contributed by atoms with Gasteiger partial charge in [-0.05, 0) is 36.5 Å². The summed E-state index contributed by atoms with van der Waals surface area (Å²) in [5.74, 6) is 2.05. The van der Waals surface area contributed by atoms with Gasteiger partial charge in [0.2, 0.25) is 11.8 Å². The number of aromatic nitrogens is 2. The van der Waals surface area contributed by atoms with Crippen LogP contribution in [-0.4, -0.2) is 34.5 Å². The number of amides is 1. The molecule has 0 bridgehead atoms. The standard InChI is InChI=1S/C24H27N3O2/c1-17-8-6-7-11-20(17)21(18-9-4-3-5-10-18)16-23(28)27(2)15-14-22-25-24(29-26-22)19-12-13-19/h3-11,19,21H,12-16H2,1-2H3/t21-/m1/s1. The molecule has 0 N–H and O–H groups in total. The molecule has 0 aliphatic heterocycles. The van der Waals surface area contributed by atoms with Crippen LogP contribution in [0.1, 0.15) is 59.5 Å². The lowest BCUT2D eigenvalue weighted by atomic mass is 9.85. The van der Waals surface area contributed by atoms with Gasteiger partial charge in [0.25, 0.3) is 0 Å². The summed E-state index contributed by atoms with van der Waals surface area (Å²) in [6, 6.07) is 18.6. The first-order valence-corrected chi connectivity index (χ1v) is 10.3.